The summed E-state index contributed by atoms with van der Waals surface area (Å²) in [5.41, 5.74) is 0.396. The monoisotopic (exact) mass is 166 g/mol. The Morgan fingerprint density at radius 3 is 2.75 bits per heavy atom. The van der Waals surface area contributed by atoms with Gasteiger partial charge in [-0.2, -0.15) is 0 Å². The minimum Gasteiger partial charge on any atom is -0.299 e. The van der Waals surface area contributed by atoms with Gasteiger partial charge in [-0.15, -0.1) is 0 Å². The van der Waals surface area contributed by atoms with E-state index in [0.717, 1.165) is 12.8 Å². The van der Waals surface area contributed by atoms with Crippen molar-refractivity contribution in [2.45, 2.75) is 51.9 Å². The average molecular weight is 166 g/mol. The summed E-state index contributed by atoms with van der Waals surface area (Å²) in [6.45, 7) is 2.33. The quantitative estimate of drug-likeness (QED) is 0.540. The first-order valence-corrected chi connectivity index (χ1v) is 5.25. The van der Waals surface area contributed by atoms with Gasteiger partial charge in [0.15, 0.2) is 0 Å². The highest BCUT2D eigenvalue weighted by atomic mass is 16.1. The molecule has 2 atom stereocenters. The molecule has 0 radical (unpaired) electrons. The molecule has 68 valence electrons. The van der Waals surface area contributed by atoms with Crippen LogP contribution in [0.4, 0.5) is 0 Å². The van der Waals surface area contributed by atoms with Crippen molar-refractivity contribution in [1.82, 2.24) is 0 Å². The van der Waals surface area contributed by atoms with Gasteiger partial charge in [0.2, 0.25) is 0 Å². The molecule has 0 amide bonds. The van der Waals surface area contributed by atoms with Crippen molar-refractivity contribution in [3.63, 3.8) is 0 Å². The molecule has 2 aliphatic rings. The first-order chi connectivity index (χ1) is 5.72. The Balaban J connectivity index is 2.18. The fraction of sp³-hybridized carbons (Fsp3) is 0.909. The van der Waals surface area contributed by atoms with Crippen molar-refractivity contribution in [3.05, 3.63) is 0 Å². The number of carbonyl (C=O) groups is 1. The molecule has 2 rings (SSSR count). The molecule has 0 unspecified atom stereocenters. The fourth-order valence-electron chi connectivity index (χ4n) is 3.09. The molecule has 2 fully saturated rings. The lowest BCUT2D eigenvalue weighted by molar-refractivity contribution is -0.132. The molecule has 12 heavy (non-hydrogen) atoms. The lowest BCUT2D eigenvalue weighted by Gasteiger charge is -2.43. The smallest absolute Gasteiger partial charge is 0.136 e. The summed E-state index contributed by atoms with van der Waals surface area (Å²) in [6.07, 6.45) is 8.40. The van der Waals surface area contributed by atoms with Crippen molar-refractivity contribution in [1.29, 1.82) is 0 Å². The largest absolute Gasteiger partial charge is 0.299 e. The number of hydrogen-bond acceptors (Lipinski definition) is 1. The van der Waals surface area contributed by atoms with Crippen LogP contribution in [-0.4, -0.2) is 5.78 Å². The van der Waals surface area contributed by atoms with E-state index in [2.05, 4.69) is 6.92 Å². The second-order valence-corrected chi connectivity index (χ2v) is 4.77. The normalized spacial score (nSPS) is 42.4. The van der Waals surface area contributed by atoms with E-state index in [-0.39, 0.29) is 0 Å². The van der Waals surface area contributed by atoms with Crippen molar-refractivity contribution < 1.29 is 4.79 Å². The zero-order chi connectivity index (χ0) is 8.60. The van der Waals surface area contributed by atoms with Crippen LogP contribution in [0.5, 0.6) is 0 Å². The zero-order valence-electron chi connectivity index (χ0n) is 7.94. The van der Waals surface area contributed by atoms with Crippen LogP contribution in [0.1, 0.15) is 51.9 Å². The molecule has 0 saturated heterocycles. The topological polar surface area (TPSA) is 17.1 Å². The molecule has 0 N–H and O–H groups in total. The van der Waals surface area contributed by atoms with E-state index >= 15 is 0 Å². The molecule has 0 aromatic heterocycles. The molecule has 0 aromatic rings. The second kappa shape index (κ2) is 2.86. The molecule has 2 saturated carbocycles. The maximum absolute atomic E-state index is 11.6. The predicted octanol–water partition coefficient (Wildman–Crippen LogP) is 2.94. The van der Waals surface area contributed by atoms with Gasteiger partial charge in [-0.3, -0.25) is 4.79 Å². The van der Waals surface area contributed by atoms with Gasteiger partial charge in [-0.05, 0) is 31.1 Å². The Bertz CT molecular complexity index is 193. The maximum Gasteiger partial charge on any atom is 0.136 e. The zero-order valence-corrected chi connectivity index (χ0v) is 7.94. The highest BCUT2D eigenvalue weighted by Gasteiger charge is 2.42. The Hall–Kier alpha value is -0.330. The molecular formula is C11H18O. The lowest BCUT2D eigenvalue weighted by Crippen LogP contribution is -2.39. The summed E-state index contributed by atoms with van der Waals surface area (Å²) in [6, 6.07) is 0. The first-order valence-electron chi connectivity index (χ1n) is 5.25. The highest BCUT2D eigenvalue weighted by molar-refractivity contribution is 5.82. The standard InChI is InChI=1S/C11H18O/c1-11-7-3-2-5-9(11)10(12)6-4-8-11/h9H,2-8H2,1H3/t9-,11+/m0/s1. The summed E-state index contributed by atoms with van der Waals surface area (Å²) in [5.74, 6) is 0.989. The molecular weight excluding hydrogens is 148 g/mol. The number of fused-ring (bicyclic) bond motifs is 1. The Morgan fingerprint density at radius 2 is 2.00 bits per heavy atom. The molecule has 2 aliphatic carbocycles. The van der Waals surface area contributed by atoms with Crippen molar-refractivity contribution in [2.24, 2.45) is 11.3 Å². The summed E-state index contributed by atoms with van der Waals surface area (Å²) >= 11 is 0. The molecule has 0 bridgehead atoms. The fourth-order valence-corrected chi connectivity index (χ4v) is 3.09. The van der Waals surface area contributed by atoms with Gasteiger partial charge in [-0.1, -0.05) is 19.8 Å². The van der Waals surface area contributed by atoms with Crippen LogP contribution in [0.15, 0.2) is 0 Å². The van der Waals surface area contributed by atoms with Gasteiger partial charge in [0.05, 0.1) is 0 Å². The van der Waals surface area contributed by atoms with E-state index in [1.165, 1.54) is 32.1 Å². The van der Waals surface area contributed by atoms with Crippen LogP contribution in [0.3, 0.4) is 0 Å². The van der Waals surface area contributed by atoms with Crippen LogP contribution in [-0.2, 0) is 4.79 Å². The number of carbonyl (C=O) groups excluding carboxylic acids is 1. The van der Waals surface area contributed by atoms with E-state index in [0.29, 0.717) is 17.1 Å². The van der Waals surface area contributed by atoms with Crippen LogP contribution < -0.4 is 0 Å². The second-order valence-electron chi connectivity index (χ2n) is 4.77. The van der Waals surface area contributed by atoms with Gasteiger partial charge in [0, 0.05) is 12.3 Å². The van der Waals surface area contributed by atoms with Gasteiger partial charge in [0.25, 0.3) is 0 Å². The van der Waals surface area contributed by atoms with Crippen molar-refractivity contribution in [3.8, 4) is 0 Å². The summed E-state index contributed by atoms with van der Waals surface area (Å²) in [4.78, 5) is 11.6. The van der Waals surface area contributed by atoms with Crippen LogP contribution in [0.2, 0.25) is 0 Å². The molecule has 0 heterocycles. The van der Waals surface area contributed by atoms with Crippen molar-refractivity contribution in [2.75, 3.05) is 0 Å². The maximum atomic E-state index is 11.6. The third-order valence-electron chi connectivity index (χ3n) is 3.89. The first kappa shape index (κ1) is 8.28. The van der Waals surface area contributed by atoms with Crippen LogP contribution >= 0.6 is 0 Å². The molecule has 1 heteroatoms. The summed E-state index contributed by atoms with van der Waals surface area (Å²) in [7, 11) is 0. The highest BCUT2D eigenvalue weighted by Crippen LogP contribution is 2.48. The lowest BCUT2D eigenvalue weighted by atomic mass is 9.60. The van der Waals surface area contributed by atoms with E-state index in [4.69, 9.17) is 0 Å². The van der Waals surface area contributed by atoms with E-state index < -0.39 is 0 Å². The van der Waals surface area contributed by atoms with Gasteiger partial charge in [0.1, 0.15) is 5.78 Å². The number of Topliss-reactive ketones (excluding diaryl/α,β-unsaturated/α-hetero) is 1. The van der Waals surface area contributed by atoms with E-state index in [1.54, 1.807) is 0 Å². The Morgan fingerprint density at radius 1 is 1.25 bits per heavy atom. The number of rotatable bonds is 0. The van der Waals surface area contributed by atoms with Crippen LogP contribution in [0.25, 0.3) is 0 Å². The number of hydrogen-bond donors (Lipinski definition) is 0. The number of ketones is 1. The van der Waals surface area contributed by atoms with Crippen molar-refractivity contribution >= 4 is 5.78 Å². The minimum atomic E-state index is 0.396. The van der Waals surface area contributed by atoms with Crippen LogP contribution in [0, 0.1) is 11.3 Å². The molecule has 0 aliphatic heterocycles. The molecule has 0 aromatic carbocycles. The van der Waals surface area contributed by atoms with E-state index in [9.17, 15) is 4.79 Å². The third-order valence-corrected chi connectivity index (χ3v) is 3.89. The Kier molecular flexibility index (Phi) is 1.97. The van der Waals surface area contributed by atoms with Gasteiger partial charge in [-0.25, -0.2) is 0 Å². The predicted molar refractivity (Wildman–Crippen MR) is 48.9 cm³/mol. The van der Waals surface area contributed by atoms with Gasteiger partial charge < -0.3 is 0 Å². The molecule has 1 nitrogen and oxygen atoms in total. The minimum absolute atomic E-state index is 0.396. The third kappa shape index (κ3) is 1.19. The SMILES string of the molecule is C[C@]12CCCC[C@H]1C(=O)CCC2. The summed E-state index contributed by atoms with van der Waals surface area (Å²) < 4.78 is 0. The Labute approximate surface area is 74.5 Å². The van der Waals surface area contributed by atoms with E-state index in [1.807, 2.05) is 0 Å². The summed E-state index contributed by atoms with van der Waals surface area (Å²) in [5, 5.41) is 0. The average Bonchev–Trinajstić information content (AvgIpc) is 2.04. The van der Waals surface area contributed by atoms with Gasteiger partial charge >= 0.3 is 0 Å². The molecule has 0 spiro atoms.